The molecule has 0 aliphatic heterocycles. The monoisotopic (exact) mass is 410 g/mol. The van der Waals surface area contributed by atoms with Crippen LogP contribution in [0.25, 0.3) is 0 Å². The van der Waals surface area contributed by atoms with Crippen LogP contribution in [0.5, 0.6) is 0 Å². The van der Waals surface area contributed by atoms with Gasteiger partial charge in [0.05, 0.1) is 5.02 Å². The summed E-state index contributed by atoms with van der Waals surface area (Å²) >= 11 is 12.0. The summed E-state index contributed by atoms with van der Waals surface area (Å²) in [7, 11) is 0. The Morgan fingerprint density at radius 2 is 1.63 bits per heavy atom. The van der Waals surface area contributed by atoms with E-state index in [-0.39, 0.29) is 10.6 Å². The van der Waals surface area contributed by atoms with Crippen molar-refractivity contribution >= 4 is 43.5 Å². The van der Waals surface area contributed by atoms with Gasteiger partial charge in [0.15, 0.2) is 0 Å². The molecule has 1 unspecified atom stereocenters. The van der Waals surface area contributed by atoms with Gasteiger partial charge >= 0.3 is 0 Å². The lowest BCUT2D eigenvalue weighted by atomic mass is 10.0. The third kappa shape index (κ3) is 2.99. The first-order chi connectivity index (χ1) is 8.91. The lowest BCUT2D eigenvalue weighted by Gasteiger charge is -2.15. The second-order valence-corrected chi connectivity index (χ2v) is 5.92. The Hall–Kier alpha value is -0.490. The molecule has 100 valence electrons. The Labute approximate surface area is 130 Å². The molecular weight excluding hydrogens is 405 g/mol. The largest absolute Gasteiger partial charge is 0.384 e. The molecule has 19 heavy (non-hydrogen) atoms. The molecule has 1 atom stereocenters. The van der Waals surface area contributed by atoms with Gasteiger partial charge in [-0.25, -0.2) is 8.78 Å². The summed E-state index contributed by atoms with van der Waals surface area (Å²) < 4.78 is 27.8. The van der Waals surface area contributed by atoms with E-state index in [1.54, 1.807) is 6.07 Å². The number of halogens is 5. The van der Waals surface area contributed by atoms with E-state index in [0.29, 0.717) is 14.5 Å². The van der Waals surface area contributed by atoms with Gasteiger partial charge < -0.3 is 5.11 Å². The molecule has 0 saturated heterocycles. The van der Waals surface area contributed by atoms with Crippen LogP contribution in [0.2, 0.25) is 5.02 Å². The lowest BCUT2D eigenvalue weighted by molar-refractivity contribution is 0.214. The highest BCUT2D eigenvalue weighted by atomic mass is 79.9. The van der Waals surface area contributed by atoms with Crippen LogP contribution in [0.3, 0.4) is 0 Å². The molecule has 1 N–H and O–H groups in total. The van der Waals surface area contributed by atoms with Crippen molar-refractivity contribution in [2.75, 3.05) is 0 Å². The van der Waals surface area contributed by atoms with Gasteiger partial charge in [-0.05, 0) is 39.7 Å². The van der Waals surface area contributed by atoms with Crippen molar-refractivity contribution in [3.63, 3.8) is 0 Å². The maximum atomic E-state index is 14.0. The average molecular weight is 412 g/mol. The molecule has 0 fully saturated rings. The standard InChI is InChI=1S/C13H7Br2ClF2O/c14-9-4-3-8(12(18)11(9)16)13(19)7-2-1-6(17)5-10(7)15/h1-5,13,19H. The van der Waals surface area contributed by atoms with Gasteiger partial charge in [0.1, 0.15) is 17.7 Å². The normalized spacial score (nSPS) is 12.5. The van der Waals surface area contributed by atoms with Gasteiger partial charge in [0.25, 0.3) is 0 Å². The van der Waals surface area contributed by atoms with Crippen molar-refractivity contribution in [3.05, 3.63) is 67.1 Å². The summed E-state index contributed by atoms with van der Waals surface area (Å²) in [5.74, 6) is -1.16. The molecule has 0 aliphatic rings. The third-order valence-electron chi connectivity index (χ3n) is 2.62. The first-order valence-electron chi connectivity index (χ1n) is 5.18. The molecule has 0 aromatic heterocycles. The smallest absolute Gasteiger partial charge is 0.149 e. The summed E-state index contributed by atoms with van der Waals surface area (Å²) in [6.45, 7) is 0. The fourth-order valence-electron chi connectivity index (χ4n) is 1.64. The summed E-state index contributed by atoms with van der Waals surface area (Å²) in [6, 6.07) is 6.76. The van der Waals surface area contributed by atoms with E-state index < -0.39 is 17.7 Å². The van der Waals surface area contributed by atoms with Gasteiger partial charge in [0, 0.05) is 14.5 Å². The maximum absolute atomic E-state index is 14.0. The van der Waals surface area contributed by atoms with Crippen LogP contribution in [0.1, 0.15) is 17.2 Å². The van der Waals surface area contributed by atoms with Crippen LogP contribution in [0, 0.1) is 11.6 Å². The molecule has 1 nitrogen and oxygen atoms in total. The predicted molar refractivity (Wildman–Crippen MR) is 77.3 cm³/mol. The van der Waals surface area contributed by atoms with E-state index >= 15 is 0 Å². The number of hydrogen-bond donors (Lipinski definition) is 1. The Morgan fingerprint density at radius 3 is 2.26 bits per heavy atom. The van der Waals surface area contributed by atoms with Crippen molar-refractivity contribution in [1.29, 1.82) is 0 Å². The van der Waals surface area contributed by atoms with E-state index in [2.05, 4.69) is 31.9 Å². The third-order valence-corrected chi connectivity index (χ3v) is 4.56. The fourth-order valence-corrected chi connectivity index (χ4v) is 2.69. The average Bonchev–Trinajstić information content (AvgIpc) is 2.35. The topological polar surface area (TPSA) is 20.2 Å². The summed E-state index contributed by atoms with van der Waals surface area (Å²) in [6.07, 6.45) is -1.24. The SMILES string of the molecule is OC(c1ccc(F)cc1Br)c1ccc(Br)c(Cl)c1F. The van der Waals surface area contributed by atoms with Crippen molar-refractivity contribution in [2.45, 2.75) is 6.10 Å². The Morgan fingerprint density at radius 1 is 1.00 bits per heavy atom. The van der Waals surface area contributed by atoms with Crippen LogP contribution >= 0.6 is 43.5 Å². The van der Waals surface area contributed by atoms with Gasteiger partial charge in [-0.15, -0.1) is 0 Å². The lowest BCUT2D eigenvalue weighted by Crippen LogP contribution is -2.04. The van der Waals surface area contributed by atoms with E-state index in [1.165, 1.54) is 24.3 Å². The van der Waals surface area contributed by atoms with Crippen molar-refractivity contribution in [3.8, 4) is 0 Å². The summed E-state index contributed by atoms with van der Waals surface area (Å²) in [5.41, 5.74) is 0.388. The van der Waals surface area contributed by atoms with Crippen LogP contribution in [-0.4, -0.2) is 5.11 Å². The molecule has 0 heterocycles. The minimum atomic E-state index is -1.24. The van der Waals surface area contributed by atoms with Gasteiger partial charge in [-0.2, -0.15) is 0 Å². The molecule has 0 bridgehead atoms. The maximum Gasteiger partial charge on any atom is 0.149 e. The minimum Gasteiger partial charge on any atom is -0.384 e. The molecule has 2 aromatic rings. The molecule has 2 rings (SSSR count). The highest BCUT2D eigenvalue weighted by Gasteiger charge is 2.20. The van der Waals surface area contributed by atoms with Crippen LogP contribution in [0.4, 0.5) is 8.78 Å². The molecule has 0 amide bonds. The van der Waals surface area contributed by atoms with Crippen molar-refractivity contribution in [2.24, 2.45) is 0 Å². The fraction of sp³-hybridized carbons (Fsp3) is 0.0769. The predicted octanol–water partition coefficient (Wildman–Crippen LogP) is 5.22. The number of benzene rings is 2. The molecule has 0 aliphatic carbocycles. The second-order valence-electron chi connectivity index (χ2n) is 3.83. The molecule has 0 saturated carbocycles. The molecule has 0 radical (unpaired) electrons. The molecule has 6 heteroatoms. The van der Waals surface area contributed by atoms with E-state index in [1.807, 2.05) is 0 Å². The van der Waals surface area contributed by atoms with Crippen molar-refractivity contribution in [1.82, 2.24) is 0 Å². The summed E-state index contributed by atoms with van der Waals surface area (Å²) in [4.78, 5) is 0. The summed E-state index contributed by atoms with van der Waals surface area (Å²) in [5, 5.41) is 10.1. The quantitative estimate of drug-likeness (QED) is 0.670. The first kappa shape index (κ1) is 14.9. The Bertz CT molecular complexity index is 634. The van der Waals surface area contributed by atoms with Crippen LogP contribution in [-0.2, 0) is 0 Å². The van der Waals surface area contributed by atoms with Crippen molar-refractivity contribution < 1.29 is 13.9 Å². The van der Waals surface area contributed by atoms with Gasteiger partial charge in [-0.3, -0.25) is 0 Å². The van der Waals surface area contributed by atoms with E-state index in [0.717, 1.165) is 0 Å². The second kappa shape index (κ2) is 5.87. The minimum absolute atomic E-state index is 0.0282. The Kier molecular flexibility index (Phi) is 4.61. The van der Waals surface area contributed by atoms with E-state index in [4.69, 9.17) is 11.6 Å². The highest BCUT2D eigenvalue weighted by Crippen LogP contribution is 2.35. The zero-order chi connectivity index (χ0) is 14.2. The highest BCUT2D eigenvalue weighted by molar-refractivity contribution is 9.10. The zero-order valence-electron chi connectivity index (χ0n) is 9.30. The van der Waals surface area contributed by atoms with E-state index in [9.17, 15) is 13.9 Å². The number of aliphatic hydroxyl groups excluding tert-OH is 1. The molecule has 0 spiro atoms. The number of aliphatic hydroxyl groups is 1. The van der Waals surface area contributed by atoms with Gasteiger partial charge in [-0.1, -0.05) is 39.7 Å². The number of rotatable bonds is 2. The first-order valence-corrected chi connectivity index (χ1v) is 7.14. The Balaban J connectivity index is 2.50. The molecule has 2 aromatic carbocycles. The van der Waals surface area contributed by atoms with Gasteiger partial charge in [0.2, 0.25) is 0 Å². The molecular formula is C13H7Br2ClF2O. The van der Waals surface area contributed by atoms with Crippen LogP contribution in [0.15, 0.2) is 39.3 Å². The van der Waals surface area contributed by atoms with Crippen LogP contribution < -0.4 is 0 Å². The number of hydrogen-bond acceptors (Lipinski definition) is 1. The zero-order valence-corrected chi connectivity index (χ0v) is 13.2.